The molecule has 10 heteroatoms. The monoisotopic (exact) mass is 314 g/mol. The molecule has 9 nitrogen and oxygen atoms in total. The molecule has 1 aromatic heterocycles. The molecule has 0 bridgehead atoms. The lowest BCUT2D eigenvalue weighted by Gasteiger charge is -2.11. The molecule has 2 rings (SSSR count). The van der Waals surface area contributed by atoms with Crippen LogP contribution < -0.4 is 18.9 Å². The standard InChI is InChI=1S/C11H14N4O5S/c1-18-7-4-5-9(8(6-7)19-2)21(16,17)15-10-12-11(20-3)14-13-10/h4-6H,1-3H3,(H2,12,13,14,15). The van der Waals surface area contributed by atoms with E-state index in [2.05, 4.69) is 19.9 Å². The maximum Gasteiger partial charge on any atom is 0.336 e. The van der Waals surface area contributed by atoms with E-state index in [1.165, 1.54) is 39.5 Å². The van der Waals surface area contributed by atoms with Gasteiger partial charge in [0.05, 0.1) is 21.3 Å². The molecule has 2 N–H and O–H groups in total. The summed E-state index contributed by atoms with van der Waals surface area (Å²) in [7, 11) is 0.314. The van der Waals surface area contributed by atoms with E-state index in [4.69, 9.17) is 14.2 Å². The van der Waals surface area contributed by atoms with Gasteiger partial charge in [-0.3, -0.25) is 0 Å². The van der Waals surface area contributed by atoms with Crippen LogP contribution >= 0.6 is 0 Å². The number of sulfonamides is 1. The Morgan fingerprint density at radius 3 is 2.48 bits per heavy atom. The average Bonchev–Trinajstić information content (AvgIpc) is 2.93. The Kier molecular flexibility index (Phi) is 4.17. The van der Waals surface area contributed by atoms with Crippen LogP contribution in [0, 0.1) is 0 Å². The van der Waals surface area contributed by atoms with Crippen molar-refractivity contribution in [2.24, 2.45) is 0 Å². The second kappa shape index (κ2) is 5.87. The number of rotatable bonds is 6. The highest BCUT2D eigenvalue weighted by molar-refractivity contribution is 7.92. The number of anilines is 1. The molecule has 0 saturated carbocycles. The largest absolute Gasteiger partial charge is 0.497 e. The van der Waals surface area contributed by atoms with Crippen LogP contribution in [-0.2, 0) is 10.0 Å². The number of hydrogen-bond acceptors (Lipinski definition) is 7. The first-order valence-corrected chi connectivity index (χ1v) is 7.19. The quantitative estimate of drug-likeness (QED) is 0.803. The molecule has 0 aliphatic rings. The lowest BCUT2D eigenvalue weighted by molar-refractivity contribution is 0.382. The minimum atomic E-state index is -3.90. The highest BCUT2D eigenvalue weighted by Crippen LogP contribution is 2.29. The van der Waals surface area contributed by atoms with Crippen molar-refractivity contribution in [1.29, 1.82) is 0 Å². The van der Waals surface area contributed by atoms with Crippen molar-refractivity contribution in [3.63, 3.8) is 0 Å². The Hall–Kier alpha value is -2.49. The van der Waals surface area contributed by atoms with Gasteiger partial charge in [0.2, 0.25) is 5.95 Å². The lowest BCUT2D eigenvalue weighted by atomic mass is 10.3. The van der Waals surface area contributed by atoms with E-state index < -0.39 is 10.0 Å². The molecule has 2 aromatic rings. The summed E-state index contributed by atoms with van der Waals surface area (Å²) in [6, 6.07) is 4.37. The molecule has 0 aliphatic heterocycles. The van der Waals surface area contributed by atoms with E-state index in [9.17, 15) is 8.42 Å². The van der Waals surface area contributed by atoms with E-state index in [0.29, 0.717) is 5.75 Å². The van der Waals surface area contributed by atoms with Crippen LogP contribution in [0.4, 0.5) is 5.95 Å². The maximum atomic E-state index is 12.3. The number of H-pyrrole nitrogens is 1. The van der Waals surface area contributed by atoms with Crippen LogP contribution in [0.5, 0.6) is 17.5 Å². The molecular weight excluding hydrogens is 300 g/mol. The molecule has 0 amide bonds. The SMILES string of the molecule is COc1ccc(S(=O)(=O)Nc2nc(OC)n[nH]2)c(OC)c1. The number of hydrogen-bond donors (Lipinski definition) is 2. The molecule has 0 spiro atoms. The van der Waals surface area contributed by atoms with Crippen LogP contribution in [-0.4, -0.2) is 44.9 Å². The van der Waals surface area contributed by atoms with Gasteiger partial charge in [0, 0.05) is 6.07 Å². The number of nitrogens with zero attached hydrogens (tertiary/aromatic N) is 2. The predicted octanol–water partition coefficient (Wildman–Crippen LogP) is 0.631. The summed E-state index contributed by atoms with van der Waals surface area (Å²) in [5.74, 6) is 0.560. The van der Waals surface area contributed by atoms with Gasteiger partial charge >= 0.3 is 6.01 Å². The molecule has 21 heavy (non-hydrogen) atoms. The van der Waals surface area contributed by atoms with Crippen LogP contribution in [0.15, 0.2) is 23.1 Å². The summed E-state index contributed by atoms with van der Waals surface area (Å²) < 4.78 is 41.7. The van der Waals surface area contributed by atoms with Gasteiger partial charge in [-0.05, 0) is 12.1 Å². The number of ether oxygens (including phenoxy) is 3. The Morgan fingerprint density at radius 1 is 1.14 bits per heavy atom. The zero-order valence-corrected chi connectivity index (χ0v) is 12.4. The van der Waals surface area contributed by atoms with Crippen molar-refractivity contribution in [2.75, 3.05) is 26.1 Å². The van der Waals surface area contributed by atoms with Gasteiger partial charge in [0.1, 0.15) is 16.4 Å². The molecular formula is C11H14N4O5S. The van der Waals surface area contributed by atoms with Crippen LogP contribution in [0.2, 0.25) is 0 Å². The van der Waals surface area contributed by atoms with E-state index in [1.54, 1.807) is 0 Å². The second-order valence-electron chi connectivity index (χ2n) is 3.79. The normalized spacial score (nSPS) is 11.0. The number of aromatic amines is 1. The average molecular weight is 314 g/mol. The fourth-order valence-corrected chi connectivity index (χ4v) is 2.67. The summed E-state index contributed by atoms with van der Waals surface area (Å²) >= 11 is 0. The van der Waals surface area contributed by atoms with Crippen LogP contribution in [0.3, 0.4) is 0 Å². The molecule has 0 radical (unpaired) electrons. The Balaban J connectivity index is 2.34. The Bertz CT molecular complexity index is 728. The number of aromatic nitrogens is 3. The third kappa shape index (κ3) is 3.16. The zero-order chi connectivity index (χ0) is 15.5. The van der Waals surface area contributed by atoms with Crippen molar-refractivity contribution in [2.45, 2.75) is 4.90 Å². The Labute approximate surface area is 121 Å². The van der Waals surface area contributed by atoms with Crippen LogP contribution in [0.25, 0.3) is 0 Å². The summed E-state index contributed by atoms with van der Waals surface area (Å²) in [4.78, 5) is 3.73. The topological polar surface area (TPSA) is 115 Å². The van der Waals surface area contributed by atoms with Gasteiger partial charge in [-0.2, -0.15) is 4.98 Å². The fraction of sp³-hybridized carbons (Fsp3) is 0.273. The molecule has 0 unspecified atom stereocenters. The van der Waals surface area contributed by atoms with Gasteiger partial charge in [0.25, 0.3) is 10.0 Å². The van der Waals surface area contributed by atoms with Crippen molar-refractivity contribution in [3.05, 3.63) is 18.2 Å². The third-order valence-corrected chi connectivity index (χ3v) is 3.92. The van der Waals surface area contributed by atoms with Crippen molar-refractivity contribution < 1.29 is 22.6 Å². The van der Waals surface area contributed by atoms with Gasteiger partial charge in [-0.1, -0.05) is 0 Å². The molecule has 0 fully saturated rings. The van der Waals surface area contributed by atoms with E-state index in [0.717, 1.165) is 0 Å². The second-order valence-corrected chi connectivity index (χ2v) is 5.44. The first-order chi connectivity index (χ1) is 10.00. The summed E-state index contributed by atoms with van der Waals surface area (Å²) in [5.41, 5.74) is 0. The van der Waals surface area contributed by atoms with Crippen molar-refractivity contribution >= 4 is 16.0 Å². The van der Waals surface area contributed by atoms with Gasteiger partial charge in [-0.15, -0.1) is 5.10 Å². The summed E-state index contributed by atoms with van der Waals surface area (Å²) in [5, 5.41) is 6.05. The first kappa shape index (κ1) is 14.9. The third-order valence-electron chi connectivity index (χ3n) is 2.54. The smallest absolute Gasteiger partial charge is 0.336 e. The van der Waals surface area contributed by atoms with E-state index >= 15 is 0 Å². The zero-order valence-electron chi connectivity index (χ0n) is 11.6. The van der Waals surface area contributed by atoms with Crippen molar-refractivity contribution in [3.8, 4) is 17.5 Å². The molecule has 0 aliphatic carbocycles. The van der Waals surface area contributed by atoms with Gasteiger partial charge in [0.15, 0.2) is 0 Å². The highest BCUT2D eigenvalue weighted by atomic mass is 32.2. The lowest BCUT2D eigenvalue weighted by Crippen LogP contribution is -2.15. The van der Waals surface area contributed by atoms with Gasteiger partial charge < -0.3 is 14.2 Å². The number of methoxy groups -OCH3 is 3. The van der Waals surface area contributed by atoms with Crippen molar-refractivity contribution in [1.82, 2.24) is 15.2 Å². The summed E-state index contributed by atoms with van der Waals surface area (Å²) in [6.45, 7) is 0. The highest BCUT2D eigenvalue weighted by Gasteiger charge is 2.22. The van der Waals surface area contributed by atoms with E-state index in [1.807, 2.05) is 0 Å². The predicted molar refractivity (Wildman–Crippen MR) is 73.3 cm³/mol. The maximum absolute atomic E-state index is 12.3. The summed E-state index contributed by atoms with van der Waals surface area (Å²) in [6.07, 6.45) is 0. The first-order valence-electron chi connectivity index (χ1n) is 5.71. The molecule has 114 valence electrons. The van der Waals surface area contributed by atoms with Crippen LogP contribution in [0.1, 0.15) is 0 Å². The van der Waals surface area contributed by atoms with Gasteiger partial charge in [-0.25, -0.2) is 18.2 Å². The molecule has 1 heterocycles. The fourth-order valence-electron chi connectivity index (χ4n) is 1.56. The minimum absolute atomic E-state index is 0.0226. The van der Waals surface area contributed by atoms with E-state index in [-0.39, 0.29) is 22.6 Å². The minimum Gasteiger partial charge on any atom is -0.497 e. The molecule has 0 atom stereocenters. The number of benzene rings is 1. The Morgan fingerprint density at radius 2 is 1.90 bits per heavy atom. The molecule has 0 saturated heterocycles. The number of nitrogens with one attached hydrogen (secondary N) is 2. The molecule has 1 aromatic carbocycles.